The molecular weight excluding hydrogens is 406 g/mol. The van der Waals surface area contributed by atoms with E-state index in [1.165, 1.54) is 11.3 Å². The minimum absolute atomic E-state index is 0.283. The highest BCUT2D eigenvalue weighted by Gasteiger charge is 2.12. The summed E-state index contributed by atoms with van der Waals surface area (Å²) in [5.41, 5.74) is 2.53. The van der Waals surface area contributed by atoms with E-state index >= 15 is 0 Å². The van der Waals surface area contributed by atoms with Crippen LogP contribution in [0.4, 0.5) is 15.6 Å². The number of anilines is 2. The molecule has 1 aromatic heterocycles. The lowest BCUT2D eigenvalue weighted by Gasteiger charge is -2.08. The SMILES string of the molecule is CCOC(=O)Nc1ccc(C(=O)Nc2nc(-c3ccc(OC)c(OC)c3)cs2)cc1. The van der Waals surface area contributed by atoms with Crippen molar-refractivity contribution < 1.29 is 23.8 Å². The van der Waals surface area contributed by atoms with E-state index < -0.39 is 6.09 Å². The van der Waals surface area contributed by atoms with Crippen LogP contribution in [0.2, 0.25) is 0 Å². The first-order valence-corrected chi connectivity index (χ1v) is 9.95. The molecule has 0 bridgehead atoms. The minimum atomic E-state index is -0.542. The van der Waals surface area contributed by atoms with E-state index in [-0.39, 0.29) is 12.5 Å². The fourth-order valence-corrected chi connectivity index (χ4v) is 3.33. The smallest absolute Gasteiger partial charge is 0.411 e. The number of carbonyl (C=O) groups is 2. The Kier molecular flexibility index (Phi) is 6.87. The first-order chi connectivity index (χ1) is 14.5. The zero-order valence-corrected chi connectivity index (χ0v) is 17.5. The summed E-state index contributed by atoms with van der Waals surface area (Å²) in [5.74, 6) is 0.932. The Hall–Kier alpha value is -3.59. The molecule has 3 rings (SSSR count). The first kappa shape index (κ1) is 21.1. The first-order valence-electron chi connectivity index (χ1n) is 9.07. The molecule has 0 fully saturated rings. The van der Waals surface area contributed by atoms with Gasteiger partial charge in [0.05, 0.1) is 26.5 Å². The Balaban J connectivity index is 1.67. The molecule has 0 saturated heterocycles. The minimum Gasteiger partial charge on any atom is -0.493 e. The highest BCUT2D eigenvalue weighted by molar-refractivity contribution is 7.14. The van der Waals surface area contributed by atoms with Gasteiger partial charge in [0.1, 0.15) is 0 Å². The quantitative estimate of drug-likeness (QED) is 0.570. The van der Waals surface area contributed by atoms with E-state index in [0.29, 0.717) is 33.6 Å². The number of carbonyl (C=O) groups excluding carboxylic acids is 2. The van der Waals surface area contributed by atoms with Gasteiger partial charge < -0.3 is 14.2 Å². The second kappa shape index (κ2) is 9.75. The van der Waals surface area contributed by atoms with Crippen molar-refractivity contribution in [2.75, 3.05) is 31.5 Å². The van der Waals surface area contributed by atoms with Crippen molar-refractivity contribution in [3.63, 3.8) is 0 Å². The van der Waals surface area contributed by atoms with E-state index in [1.54, 1.807) is 51.5 Å². The number of benzene rings is 2. The number of nitrogens with one attached hydrogen (secondary N) is 2. The van der Waals surface area contributed by atoms with Gasteiger partial charge in [-0.1, -0.05) is 0 Å². The highest BCUT2D eigenvalue weighted by atomic mass is 32.1. The second-order valence-electron chi connectivity index (χ2n) is 5.98. The molecule has 0 spiro atoms. The van der Waals surface area contributed by atoms with Crippen molar-refractivity contribution in [2.45, 2.75) is 6.92 Å². The summed E-state index contributed by atoms with van der Waals surface area (Å²) in [6.45, 7) is 2.01. The molecule has 0 aliphatic carbocycles. The van der Waals surface area contributed by atoms with Gasteiger partial charge in [-0.15, -0.1) is 11.3 Å². The largest absolute Gasteiger partial charge is 0.493 e. The number of nitrogens with zero attached hydrogens (tertiary/aromatic N) is 1. The lowest BCUT2D eigenvalue weighted by atomic mass is 10.1. The zero-order chi connectivity index (χ0) is 21.5. The van der Waals surface area contributed by atoms with Gasteiger partial charge in [0.25, 0.3) is 5.91 Å². The molecular formula is C21H21N3O5S. The van der Waals surface area contributed by atoms with E-state index in [9.17, 15) is 9.59 Å². The van der Waals surface area contributed by atoms with Crippen molar-refractivity contribution in [3.05, 3.63) is 53.4 Å². The van der Waals surface area contributed by atoms with Gasteiger partial charge in [-0.3, -0.25) is 15.4 Å². The van der Waals surface area contributed by atoms with E-state index in [4.69, 9.17) is 14.2 Å². The van der Waals surface area contributed by atoms with Crippen LogP contribution in [0.3, 0.4) is 0 Å². The van der Waals surface area contributed by atoms with Gasteiger partial charge in [0, 0.05) is 22.2 Å². The van der Waals surface area contributed by atoms with Crippen molar-refractivity contribution in [1.29, 1.82) is 0 Å². The molecule has 0 aliphatic heterocycles. The number of aromatic nitrogens is 1. The zero-order valence-electron chi connectivity index (χ0n) is 16.7. The fourth-order valence-electron chi connectivity index (χ4n) is 2.62. The highest BCUT2D eigenvalue weighted by Crippen LogP contribution is 2.33. The predicted molar refractivity (Wildman–Crippen MR) is 116 cm³/mol. The summed E-state index contributed by atoms with van der Waals surface area (Å²) in [6.07, 6.45) is -0.542. The lowest BCUT2D eigenvalue weighted by Crippen LogP contribution is -2.14. The fraction of sp³-hybridized carbons (Fsp3) is 0.190. The number of thiazole rings is 1. The number of ether oxygens (including phenoxy) is 3. The molecule has 0 saturated carbocycles. The molecule has 3 aromatic rings. The third-order valence-electron chi connectivity index (χ3n) is 4.07. The van der Waals surface area contributed by atoms with Crippen LogP contribution in [0.5, 0.6) is 11.5 Å². The molecule has 156 valence electrons. The number of rotatable bonds is 7. The van der Waals surface area contributed by atoms with Gasteiger partial charge in [0.15, 0.2) is 16.6 Å². The molecule has 0 atom stereocenters. The van der Waals surface area contributed by atoms with Crippen LogP contribution < -0.4 is 20.1 Å². The monoisotopic (exact) mass is 427 g/mol. The van der Waals surface area contributed by atoms with Crippen LogP contribution in [0.15, 0.2) is 47.8 Å². The van der Waals surface area contributed by atoms with Gasteiger partial charge >= 0.3 is 6.09 Å². The summed E-state index contributed by atoms with van der Waals surface area (Å²) in [5, 5.41) is 7.68. The van der Waals surface area contributed by atoms with Crippen LogP contribution >= 0.6 is 11.3 Å². The Morgan fingerprint density at radius 2 is 1.73 bits per heavy atom. The normalized spacial score (nSPS) is 10.2. The third kappa shape index (κ3) is 5.06. The van der Waals surface area contributed by atoms with E-state index in [2.05, 4.69) is 15.6 Å². The summed E-state index contributed by atoms with van der Waals surface area (Å²) in [4.78, 5) is 28.4. The second-order valence-corrected chi connectivity index (χ2v) is 6.84. The molecule has 9 heteroatoms. The maximum absolute atomic E-state index is 12.5. The van der Waals surface area contributed by atoms with Gasteiger partial charge in [0.2, 0.25) is 0 Å². The standard InChI is InChI=1S/C21H21N3O5S/c1-4-29-21(26)22-15-8-5-13(6-9-15)19(25)24-20-23-16(12-30-20)14-7-10-17(27-2)18(11-14)28-3/h5-12H,4H2,1-3H3,(H,22,26)(H,23,24,25). The average molecular weight is 427 g/mol. The van der Waals surface area contributed by atoms with Crippen molar-refractivity contribution >= 4 is 34.2 Å². The Bertz CT molecular complexity index is 1030. The summed E-state index contributed by atoms with van der Waals surface area (Å²) in [6, 6.07) is 12.0. The van der Waals surface area contributed by atoms with Crippen LogP contribution in [-0.4, -0.2) is 37.8 Å². The molecule has 0 radical (unpaired) electrons. The number of hydrogen-bond acceptors (Lipinski definition) is 7. The molecule has 8 nitrogen and oxygen atoms in total. The molecule has 0 unspecified atom stereocenters. The molecule has 30 heavy (non-hydrogen) atoms. The number of hydrogen-bond donors (Lipinski definition) is 2. The Labute approximate surface area is 177 Å². The Morgan fingerprint density at radius 1 is 1.00 bits per heavy atom. The van der Waals surface area contributed by atoms with Crippen LogP contribution in [-0.2, 0) is 4.74 Å². The molecule has 2 aromatic carbocycles. The van der Waals surface area contributed by atoms with Crippen molar-refractivity contribution in [3.8, 4) is 22.8 Å². The predicted octanol–water partition coefficient (Wildman–Crippen LogP) is 4.65. The molecule has 1 heterocycles. The maximum atomic E-state index is 12.5. The molecule has 0 aliphatic rings. The average Bonchev–Trinajstić information content (AvgIpc) is 3.22. The van der Waals surface area contributed by atoms with Crippen LogP contribution in [0.1, 0.15) is 17.3 Å². The Morgan fingerprint density at radius 3 is 2.40 bits per heavy atom. The summed E-state index contributed by atoms with van der Waals surface area (Å²) in [7, 11) is 3.15. The molecule has 2 amide bonds. The molecule has 2 N–H and O–H groups in total. The number of amides is 2. The maximum Gasteiger partial charge on any atom is 0.411 e. The van der Waals surface area contributed by atoms with Gasteiger partial charge in [-0.2, -0.15) is 0 Å². The topological polar surface area (TPSA) is 98.8 Å². The van der Waals surface area contributed by atoms with Gasteiger partial charge in [-0.05, 0) is 49.4 Å². The van der Waals surface area contributed by atoms with Crippen LogP contribution in [0, 0.1) is 0 Å². The number of methoxy groups -OCH3 is 2. The third-order valence-corrected chi connectivity index (χ3v) is 4.83. The van der Waals surface area contributed by atoms with Crippen molar-refractivity contribution in [1.82, 2.24) is 4.98 Å². The van der Waals surface area contributed by atoms with E-state index in [1.807, 2.05) is 17.5 Å². The van der Waals surface area contributed by atoms with Crippen LogP contribution in [0.25, 0.3) is 11.3 Å². The summed E-state index contributed by atoms with van der Waals surface area (Å²) < 4.78 is 15.4. The van der Waals surface area contributed by atoms with Crippen molar-refractivity contribution in [2.24, 2.45) is 0 Å². The summed E-state index contributed by atoms with van der Waals surface area (Å²) >= 11 is 1.32. The van der Waals surface area contributed by atoms with Gasteiger partial charge in [-0.25, -0.2) is 9.78 Å². The lowest BCUT2D eigenvalue weighted by molar-refractivity contribution is 0.102. The van der Waals surface area contributed by atoms with E-state index in [0.717, 1.165) is 5.56 Å².